The Hall–Kier alpha value is -1.30. The minimum absolute atomic E-state index is 0.0456. The number of benzene rings is 1. The van der Waals surface area contributed by atoms with Crippen LogP contribution in [-0.4, -0.2) is 0 Å². The van der Waals surface area contributed by atoms with Gasteiger partial charge in [0.2, 0.25) is 0 Å². The van der Waals surface area contributed by atoms with Crippen molar-refractivity contribution in [3.8, 4) is 0 Å². The van der Waals surface area contributed by atoms with Crippen LogP contribution in [0.4, 0.5) is 0 Å². The first-order chi connectivity index (χ1) is 6.79. The van der Waals surface area contributed by atoms with Crippen molar-refractivity contribution in [2.24, 2.45) is 0 Å². The zero-order valence-electron chi connectivity index (χ0n) is 8.87. The van der Waals surface area contributed by atoms with E-state index in [2.05, 4.69) is 44.3 Å². The molecule has 74 valence electrons. The Balaban J connectivity index is 3.10. The Kier molecular flexibility index (Phi) is 3.70. The van der Waals surface area contributed by atoms with Crippen LogP contribution in [0.3, 0.4) is 0 Å². The first-order valence-electron chi connectivity index (χ1n) is 5.12. The molecule has 0 fully saturated rings. The predicted octanol–water partition coefficient (Wildman–Crippen LogP) is 4.10. The summed E-state index contributed by atoms with van der Waals surface area (Å²) in [5.74, 6) is 0. The fraction of sp³-hybridized carbons (Fsp3) is 0.286. The van der Waals surface area contributed by atoms with Crippen molar-refractivity contribution in [2.45, 2.75) is 25.2 Å². The summed E-state index contributed by atoms with van der Waals surface area (Å²) < 4.78 is 0. The summed E-state index contributed by atoms with van der Waals surface area (Å²) in [4.78, 5) is 0. The first-order valence-corrected chi connectivity index (χ1v) is 5.12. The van der Waals surface area contributed by atoms with Gasteiger partial charge in [-0.05, 0) is 12.0 Å². The van der Waals surface area contributed by atoms with Crippen LogP contribution in [0.15, 0.2) is 55.6 Å². The van der Waals surface area contributed by atoms with Crippen molar-refractivity contribution in [1.29, 1.82) is 0 Å². The molecule has 0 unspecified atom stereocenters. The van der Waals surface area contributed by atoms with Gasteiger partial charge < -0.3 is 0 Å². The third kappa shape index (κ3) is 1.95. The maximum Gasteiger partial charge on any atom is 0.0306 e. The Morgan fingerprint density at radius 2 is 1.71 bits per heavy atom. The van der Waals surface area contributed by atoms with Gasteiger partial charge in [-0.2, -0.15) is 0 Å². The number of hydrogen-bond acceptors (Lipinski definition) is 0. The summed E-state index contributed by atoms with van der Waals surface area (Å²) in [7, 11) is 0. The third-order valence-corrected chi connectivity index (χ3v) is 2.70. The van der Waals surface area contributed by atoms with Crippen molar-refractivity contribution in [2.75, 3.05) is 0 Å². The van der Waals surface area contributed by atoms with Crippen molar-refractivity contribution >= 4 is 0 Å². The normalized spacial score (nSPS) is 10.9. The van der Waals surface area contributed by atoms with Gasteiger partial charge in [-0.15, -0.1) is 13.2 Å². The molecule has 0 saturated carbocycles. The predicted molar refractivity (Wildman–Crippen MR) is 63.4 cm³/mol. The fourth-order valence-corrected chi connectivity index (χ4v) is 1.83. The molecule has 0 heterocycles. The SMILES string of the molecule is C=CC(C=C)(CCC)c1ccccc1. The minimum atomic E-state index is -0.0456. The lowest BCUT2D eigenvalue weighted by Gasteiger charge is -2.26. The highest BCUT2D eigenvalue weighted by Gasteiger charge is 2.23. The van der Waals surface area contributed by atoms with Crippen LogP contribution in [0, 0.1) is 0 Å². The molecule has 0 aromatic heterocycles. The Bertz CT molecular complexity index is 287. The van der Waals surface area contributed by atoms with Gasteiger partial charge in [0.1, 0.15) is 0 Å². The molecule has 14 heavy (non-hydrogen) atoms. The van der Waals surface area contributed by atoms with Crippen molar-refractivity contribution in [3.05, 3.63) is 61.2 Å². The topological polar surface area (TPSA) is 0 Å². The van der Waals surface area contributed by atoms with Gasteiger partial charge >= 0.3 is 0 Å². The average Bonchev–Trinajstić information content (AvgIpc) is 2.27. The van der Waals surface area contributed by atoms with Crippen LogP contribution < -0.4 is 0 Å². The molecule has 0 radical (unpaired) electrons. The zero-order valence-corrected chi connectivity index (χ0v) is 8.87. The first kappa shape index (κ1) is 10.8. The quantitative estimate of drug-likeness (QED) is 0.607. The molecule has 0 heteroatoms. The Labute approximate surface area is 87.0 Å². The van der Waals surface area contributed by atoms with Gasteiger partial charge in [-0.3, -0.25) is 0 Å². The highest BCUT2D eigenvalue weighted by Crippen LogP contribution is 2.31. The molecule has 0 aliphatic rings. The lowest BCUT2D eigenvalue weighted by atomic mass is 9.77. The van der Waals surface area contributed by atoms with E-state index in [4.69, 9.17) is 0 Å². The van der Waals surface area contributed by atoms with Gasteiger partial charge in [0.15, 0.2) is 0 Å². The molecule has 0 amide bonds. The van der Waals surface area contributed by atoms with E-state index in [1.807, 2.05) is 18.2 Å². The van der Waals surface area contributed by atoms with Gasteiger partial charge in [0.25, 0.3) is 0 Å². The van der Waals surface area contributed by atoms with E-state index in [-0.39, 0.29) is 5.41 Å². The van der Waals surface area contributed by atoms with E-state index in [1.165, 1.54) is 5.56 Å². The van der Waals surface area contributed by atoms with Crippen LogP contribution in [-0.2, 0) is 5.41 Å². The molecule has 0 nitrogen and oxygen atoms in total. The van der Waals surface area contributed by atoms with Gasteiger partial charge in [-0.25, -0.2) is 0 Å². The molecule has 0 aliphatic carbocycles. The molecular formula is C14H18. The molecule has 0 N–H and O–H groups in total. The van der Waals surface area contributed by atoms with E-state index in [1.54, 1.807) is 0 Å². The van der Waals surface area contributed by atoms with Crippen LogP contribution >= 0.6 is 0 Å². The fourth-order valence-electron chi connectivity index (χ4n) is 1.83. The van der Waals surface area contributed by atoms with Crippen molar-refractivity contribution < 1.29 is 0 Å². The maximum absolute atomic E-state index is 3.93. The Morgan fingerprint density at radius 1 is 1.14 bits per heavy atom. The molecule has 0 atom stereocenters. The summed E-state index contributed by atoms with van der Waals surface area (Å²) in [6.45, 7) is 10.0. The number of allylic oxidation sites excluding steroid dienone is 2. The van der Waals surface area contributed by atoms with Crippen molar-refractivity contribution in [1.82, 2.24) is 0 Å². The van der Waals surface area contributed by atoms with E-state index < -0.39 is 0 Å². The monoisotopic (exact) mass is 186 g/mol. The van der Waals surface area contributed by atoms with Crippen LogP contribution in [0.5, 0.6) is 0 Å². The summed E-state index contributed by atoms with van der Waals surface area (Å²) >= 11 is 0. The second kappa shape index (κ2) is 4.80. The summed E-state index contributed by atoms with van der Waals surface area (Å²) in [6, 6.07) is 10.4. The Morgan fingerprint density at radius 3 is 2.14 bits per heavy atom. The maximum atomic E-state index is 3.93. The number of hydrogen-bond donors (Lipinski definition) is 0. The second-order valence-electron chi connectivity index (χ2n) is 3.56. The molecule has 0 spiro atoms. The summed E-state index contributed by atoms with van der Waals surface area (Å²) in [5, 5.41) is 0. The molecule has 0 aliphatic heterocycles. The van der Waals surface area contributed by atoms with Gasteiger partial charge in [-0.1, -0.05) is 55.8 Å². The zero-order chi connectivity index (χ0) is 10.4. The molecule has 0 saturated heterocycles. The summed E-state index contributed by atoms with van der Waals surface area (Å²) in [6.07, 6.45) is 6.20. The smallest absolute Gasteiger partial charge is 0.0306 e. The average molecular weight is 186 g/mol. The van der Waals surface area contributed by atoms with Crippen LogP contribution in [0.2, 0.25) is 0 Å². The van der Waals surface area contributed by atoms with Gasteiger partial charge in [0.05, 0.1) is 0 Å². The van der Waals surface area contributed by atoms with Crippen LogP contribution in [0.1, 0.15) is 25.3 Å². The van der Waals surface area contributed by atoms with E-state index in [0.717, 1.165) is 12.8 Å². The van der Waals surface area contributed by atoms with Crippen LogP contribution in [0.25, 0.3) is 0 Å². The second-order valence-corrected chi connectivity index (χ2v) is 3.56. The van der Waals surface area contributed by atoms with E-state index in [0.29, 0.717) is 0 Å². The van der Waals surface area contributed by atoms with E-state index >= 15 is 0 Å². The molecule has 0 bridgehead atoms. The lowest BCUT2D eigenvalue weighted by molar-refractivity contribution is 0.592. The van der Waals surface area contributed by atoms with Gasteiger partial charge in [0, 0.05) is 5.41 Å². The van der Waals surface area contributed by atoms with Crippen molar-refractivity contribution in [3.63, 3.8) is 0 Å². The molecular weight excluding hydrogens is 168 g/mol. The standard InChI is InChI=1S/C14H18/c1-4-12-14(5-2,6-3)13-10-8-7-9-11-13/h5-11H,2-4,12H2,1H3. The largest absolute Gasteiger partial charge is 0.102 e. The molecule has 1 rings (SSSR count). The third-order valence-electron chi connectivity index (χ3n) is 2.70. The molecule has 1 aromatic carbocycles. The van der Waals surface area contributed by atoms with E-state index in [9.17, 15) is 0 Å². The summed E-state index contributed by atoms with van der Waals surface area (Å²) in [5.41, 5.74) is 1.24. The highest BCUT2D eigenvalue weighted by molar-refractivity contribution is 5.35. The highest BCUT2D eigenvalue weighted by atomic mass is 14.3. The minimum Gasteiger partial charge on any atom is -0.102 e. The number of rotatable bonds is 5. The lowest BCUT2D eigenvalue weighted by Crippen LogP contribution is -2.19. The molecule has 1 aromatic rings.